The molecule has 6 nitrogen and oxygen atoms in total. The van der Waals surface area contributed by atoms with Crippen LogP contribution in [-0.4, -0.2) is 32.4 Å². The van der Waals surface area contributed by atoms with Gasteiger partial charge in [-0.2, -0.15) is 0 Å². The summed E-state index contributed by atoms with van der Waals surface area (Å²) in [5, 5.41) is 2.69. The number of nitrogens with one attached hydrogen (secondary N) is 2. The smallest absolute Gasteiger partial charge is 0.250 e. The number of hydrogen-bond acceptors (Lipinski definition) is 5. The highest BCUT2D eigenvalue weighted by atomic mass is 32.2. The summed E-state index contributed by atoms with van der Waals surface area (Å²) in [6.45, 7) is 0.434. The fourth-order valence-electron chi connectivity index (χ4n) is 1.53. The van der Waals surface area contributed by atoms with Gasteiger partial charge in [0.1, 0.15) is 9.20 Å². The summed E-state index contributed by atoms with van der Waals surface area (Å²) >= 11 is 5.81. The van der Waals surface area contributed by atoms with Crippen molar-refractivity contribution < 1.29 is 13.2 Å². The van der Waals surface area contributed by atoms with Gasteiger partial charge in [-0.25, -0.2) is 13.1 Å². The standard InChI is InChI=1S/C11H15N3O3S3/c12-10(18)8-3-4-9(19-8)20(16,17)14-6-5-13-11(15)7-1-2-7/h3-4,7,14H,1-2,5-6H2,(H2,12,18)(H,13,15). The monoisotopic (exact) mass is 333 g/mol. The maximum atomic E-state index is 12.0. The van der Waals surface area contributed by atoms with Crippen LogP contribution in [0.2, 0.25) is 0 Å². The molecule has 20 heavy (non-hydrogen) atoms. The van der Waals surface area contributed by atoms with Crippen molar-refractivity contribution in [2.75, 3.05) is 13.1 Å². The molecule has 110 valence electrons. The van der Waals surface area contributed by atoms with Gasteiger partial charge in [0.05, 0.1) is 4.88 Å². The molecule has 0 unspecified atom stereocenters. The van der Waals surface area contributed by atoms with E-state index in [-0.39, 0.29) is 34.1 Å². The van der Waals surface area contributed by atoms with Crippen LogP contribution in [0.1, 0.15) is 17.7 Å². The maximum Gasteiger partial charge on any atom is 0.250 e. The van der Waals surface area contributed by atoms with Gasteiger partial charge in [0, 0.05) is 19.0 Å². The van der Waals surface area contributed by atoms with Crippen LogP contribution >= 0.6 is 23.6 Å². The highest BCUT2D eigenvalue weighted by Gasteiger charge is 2.29. The van der Waals surface area contributed by atoms with Crippen molar-refractivity contribution in [3.05, 3.63) is 17.0 Å². The summed E-state index contributed by atoms with van der Waals surface area (Å²) in [6, 6.07) is 3.04. The first-order chi connectivity index (χ1) is 9.40. The van der Waals surface area contributed by atoms with E-state index in [4.69, 9.17) is 18.0 Å². The average Bonchev–Trinajstić information content (AvgIpc) is 3.10. The lowest BCUT2D eigenvalue weighted by molar-refractivity contribution is -0.122. The van der Waals surface area contributed by atoms with E-state index < -0.39 is 10.0 Å². The predicted octanol–water partition coefficient (Wildman–Crippen LogP) is 0.187. The first kappa shape index (κ1) is 15.4. The van der Waals surface area contributed by atoms with Gasteiger partial charge in [-0.15, -0.1) is 11.3 Å². The molecule has 9 heteroatoms. The van der Waals surface area contributed by atoms with Gasteiger partial charge in [-0.3, -0.25) is 4.79 Å². The number of sulfonamides is 1. The lowest BCUT2D eigenvalue weighted by atomic mass is 10.4. The van der Waals surface area contributed by atoms with E-state index in [1.165, 1.54) is 6.07 Å². The van der Waals surface area contributed by atoms with Crippen LogP contribution in [0.3, 0.4) is 0 Å². The number of thiophene rings is 1. The number of hydrogen-bond donors (Lipinski definition) is 3. The van der Waals surface area contributed by atoms with E-state index in [1.54, 1.807) is 6.07 Å². The molecule has 2 rings (SSSR count). The molecule has 1 aliphatic carbocycles. The summed E-state index contributed by atoms with van der Waals surface area (Å²) in [6.07, 6.45) is 1.85. The van der Waals surface area contributed by atoms with Crippen molar-refractivity contribution in [1.29, 1.82) is 0 Å². The molecule has 0 aromatic carbocycles. The molecule has 0 aliphatic heterocycles. The van der Waals surface area contributed by atoms with Crippen LogP contribution in [0.4, 0.5) is 0 Å². The zero-order valence-electron chi connectivity index (χ0n) is 10.6. The molecule has 0 saturated heterocycles. The molecule has 1 heterocycles. The Morgan fingerprint density at radius 3 is 2.65 bits per heavy atom. The number of thiocarbonyl (C=S) groups is 1. The molecule has 0 bridgehead atoms. The molecule has 4 N–H and O–H groups in total. The second-order valence-electron chi connectivity index (χ2n) is 4.45. The summed E-state index contributed by atoms with van der Waals surface area (Å²) < 4.78 is 26.5. The Balaban J connectivity index is 1.83. The first-order valence-corrected chi connectivity index (χ1v) is 8.78. The molecule has 1 fully saturated rings. The second kappa shape index (κ2) is 6.17. The van der Waals surface area contributed by atoms with E-state index in [0.29, 0.717) is 4.88 Å². The zero-order valence-corrected chi connectivity index (χ0v) is 13.0. The van der Waals surface area contributed by atoms with Gasteiger partial charge < -0.3 is 11.1 Å². The largest absolute Gasteiger partial charge is 0.389 e. The van der Waals surface area contributed by atoms with Gasteiger partial charge in [0.2, 0.25) is 15.9 Å². The summed E-state index contributed by atoms with van der Waals surface area (Å²) in [5.74, 6) is 0.119. The lowest BCUT2D eigenvalue weighted by Gasteiger charge is -2.06. The Kier molecular flexibility index (Phi) is 4.74. The molecule has 0 atom stereocenters. The normalized spacial score (nSPS) is 15.0. The van der Waals surface area contributed by atoms with E-state index in [2.05, 4.69) is 10.0 Å². The van der Waals surface area contributed by atoms with E-state index in [9.17, 15) is 13.2 Å². The Hall–Kier alpha value is -1.03. The minimum absolute atomic E-state index is 0.00362. The maximum absolute atomic E-state index is 12.0. The highest BCUT2D eigenvalue weighted by molar-refractivity contribution is 7.91. The van der Waals surface area contributed by atoms with E-state index in [1.807, 2.05) is 0 Å². The van der Waals surface area contributed by atoms with Crippen molar-refractivity contribution in [1.82, 2.24) is 10.0 Å². The van der Waals surface area contributed by atoms with Gasteiger partial charge in [0.25, 0.3) is 0 Å². The number of carbonyl (C=O) groups excluding carboxylic acids is 1. The van der Waals surface area contributed by atoms with Gasteiger partial charge >= 0.3 is 0 Å². The van der Waals surface area contributed by atoms with E-state index >= 15 is 0 Å². The van der Waals surface area contributed by atoms with Gasteiger partial charge in [-0.1, -0.05) is 12.2 Å². The Bertz CT molecular complexity index is 620. The third-order valence-electron chi connectivity index (χ3n) is 2.75. The number of rotatable bonds is 7. The first-order valence-electron chi connectivity index (χ1n) is 6.07. The highest BCUT2D eigenvalue weighted by Crippen LogP contribution is 2.28. The fourth-order valence-corrected chi connectivity index (χ4v) is 3.96. The van der Waals surface area contributed by atoms with Crippen molar-refractivity contribution in [3.8, 4) is 0 Å². The van der Waals surface area contributed by atoms with E-state index in [0.717, 1.165) is 24.2 Å². The minimum atomic E-state index is -3.57. The quantitative estimate of drug-likeness (QED) is 0.488. The molecular formula is C11H15N3O3S3. The number of carbonyl (C=O) groups is 1. The fraction of sp³-hybridized carbons (Fsp3) is 0.455. The Morgan fingerprint density at radius 1 is 1.40 bits per heavy atom. The van der Waals surface area contributed by atoms with Crippen LogP contribution in [0.15, 0.2) is 16.3 Å². The van der Waals surface area contributed by atoms with Crippen molar-refractivity contribution in [2.24, 2.45) is 11.7 Å². The van der Waals surface area contributed by atoms with Crippen LogP contribution < -0.4 is 15.8 Å². The van der Waals surface area contributed by atoms with Crippen molar-refractivity contribution in [2.45, 2.75) is 17.1 Å². The van der Waals surface area contributed by atoms with Crippen LogP contribution in [-0.2, 0) is 14.8 Å². The summed E-state index contributed by atoms with van der Waals surface area (Å²) in [4.78, 5) is 12.1. The molecule has 1 amide bonds. The van der Waals surface area contributed by atoms with Crippen molar-refractivity contribution in [3.63, 3.8) is 0 Å². The molecule has 1 aliphatic rings. The van der Waals surface area contributed by atoms with Crippen molar-refractivity contribution >= 4 is 44.5 Å². The third-order valence-corrected chi connectivity index (χ3v) is 6.17. The number of amides is 1. The third kappa shape index (κ3) is 3.98. The van der Waals surface area contributed by atoms with Gasteiger partial charge in [0.15, 0.2) is 0 Å². The van der Waals surface area contributed by atoms with Crippen LogP contribution in [0.25, 0.3) is 0 Å². The molecule has 0 spiro atoms. The Morgan fingerprint density at radius 2 is 2.10 bits per heavy atom. The SMILES string of the molecule is NC(=S)c1ccc(S(=O)(=O)NCCNC(=O)C2CC2)s1. The number of nitrogens with two attached hydrogens (primary N) is 1. The molecular weight excluding hydrogens is 318 g/mol. The molecule has 0 radical (unpaired) electrons. The van der Waals surface area contributed by atoms with Crippen LogP contribution in [0.5, 0.6) is 0 Å². The molecule has 1 aromatic heterocycles. The van der Waals surface area contributed by atoms with Crippen LogP contribution in [0, 0.1) is 5.92 Å². The lowest BCUT2D eigenvalue weighted by Crippen LogP contribution is -2.35. The summed E-state index contributed by atoms with van der Waals surface area (Å²) in [5.41, 5.74) is 5.44. The summed E-state index contributed by atoms with van der Waals surface area (Å²) in [7, 11) is -3.57. The molecule has 1 saturated carbocycles. The van der Waals surface area contributed by atoms with Gasteiger partial charge in [-0.05, 0) is 25.0 Å². The minimum Gasteiger partial charge on any atom is -0.389 e. The predicted molar refractivity (Wildman–Crippen MR) is 81.1 cm³/mol. The average molecular weight is 333 g/mol. The molecule has 1 aromatic rings. The second-order valence-corrected chi connectivity index (χ2v) is 7.96. The zero-order chi connectivity index (χ0) is 14.8. The topological polar surface area (TPSA) is 101 Å². The Labute approximate surface area is 126 Å².